The van der Waals surface area contributed by atoms with Crippen molar-refractivity contribution >= 4 is 0 Å². The Labute approximate surface area is 150 Å². The molecule has 0 aliphatic rings. The molecule has 0 radical (unpaired) electrons. The Morgan fingerprint density at radius 1 is 0.962 bits per heavy atom. The molecule has 0 atom stereocenters. The van der Waals surface area contributed by atoms with E-state index in [1.54, 1.807) is 23.4 Å². The van der Waals surface area contributed by atoms with Crippen molar-refractivity contribution in [3.63, 3.8) is 0 Å². The molecule has 0 bridgehead atoms. The van der Waals surface area contributed by atoms with E-state index in [1.165, 1.54) is 6.33 Å². The minimum absolute atomic E-state index is 0.532. The fourth-order valence-electron chi connectivity index (χ4n) is 2.45. The summed E-state index contributed by atoms with van der Waals surface area (Å²) in [5.41, 5.74) is 3.52. The summed E-state index contributed by atoms with van der Waals surface area (Å²) in [6, 6.07) is 11.4. The van der Waals surface area contributed by atoms with E-state index in [-0.39, 0.29) is 0 Å². The van der Waals surface area contributed by atoms with Crippen LogP contribution in [0.3, 0.4) is 0 Å². The number of benzene rings is 1. The maximum atomic E-state index is 6.01. The van der Waals surface area contributed by atoms with Gasteiger partial charge in [0.15, 0.2) is 5.82 Å². The van der Waals surface area contributed by atoms with Gasteiger partial charge in [0.2, 0.25) is 5.88 Å². The van der Waals surface area contributed by atoms with Gasteiger partial charge in [0.05, 0.1) is 5.69 Å². The van der Waals surface area contributed by atoms with E-state index in [9.17, 15) is 0 Å². The van der Waals surface area contributed by atoms with Gasteiger partial charge in [0.25, 0.3) is 0 Å². The molecule has 4 aromatic rings. The highest BCUT2D eigenvalue weighted by atomic mass is 16.5. The first-order valence-corrected chi connectivity index (χ1v) is 8.09. The van der Waals surface area contributed by atoms with E-state index in [0.29, 0.717) is 17.5 Å². The average molecular weight is 344 g/mol. The number of hydrogen-bond donors (Lipinski definition) is 0. The minimum Gasteiger partial charge on any atom is -0.439 e. The lowest BCUT2D eigenvalue weighted by Gasteiger charge is -2.12. The number of nitrogens with zero attached hydrogens (tertiary/aromatic N) is 6. The van der Waals surface area contributed by atoms with Crippen molar-refractivity contribution in [2.75, 3.05) is 0 Å². The van der Waals surface area contributed by atoms with Gasteiger partial charge in [-0.05, 0) is 50.2 Å². The van der Waals surface area contributed by atoms with Crippen LogP contribution in [0.2, 0.25) is 0 Å². The summed E-state index contributed by atoms with van der Waals surface area (Å²) >= 11 is 0. The van der Waals surface area contributed by atoms with Crippen LogP contribution in [0.15, 0.2) is 61.4 Å². The normalized spacial score (nSPS) is 10.7. The van der Waals surface area contributed by atoms with Gasteiger partial charge in [-0.3, -0.25) is 4.98 Å². The van der Waals surface area contributed by atoms with Crippen LogP contribution in [0.4, 0.5) is 0 Å². The predicted molar refractivity (Wildman–Crippen MR) is 96.2 cm³/mol. The average Bonchev–Trinajstić information content (AvgIpc) is 3.21. The molecular weight excluding hydrogens is 328 g/mol. The van der Waals surface area contributed by atoms with Gasteiger partial charge >= 0.3 is 0 Å². The zero-order valence-electron chi connectivity index (χ0n) is 14.4. The molecule has 3 aromatic heterocycles. The van der Waals surface area contributed by atoms with Crippen molar-refractivity contribution in [3.05, 3.63) is 72.7 Å². The molecule has 0 aliphatic heterocycles. The summed E-state index contributed by atoms with van der Waals surface area (Å²) in [7, 11) is 0. The topological polar surface area (TPSA) is 78.6 Å². The maximum absolute atomic E-state index is 6.01. The van der Waals surface area contributed by atoms with Crippen molar-refractivity contribution in [2.24, 2.45) is 0 Å². The van der Waals surface area contributed by atoms with Crippen LogP contribution in [-0.4, -0.2) is 29.7 Å². The third-order valence-electron chi connectivity index (χ3n) is 4.00. The lowest BCUT2D eigenvalue weighted by atomic mass is 10.2. The van der Waals surface area contributed by atoms with Crippen LogP contribution in [0.5, 0.6) is 11.6 Å². The fraction of sp³-hybridized carbons (Fsp3) is 0.105. The van der Waals surface area contributed by atoms with Crippen LogP contribution in [-0.2, 0) is 0 Å². The van der Waals surface area contributed by atoms with Crippen LogP contribution in [0.25, 0.3) is 17.1 Å². The summed E-state index contributed by atoms with van der Waals surface area (Å²) in [6.07, 6.45) is 6.60. The molecule has 0 amide bonds. The van der Waals surface area contributed by atoms with Crippen LogP contribution >= 0.6 is 0 Å². The molecule has 7 heteroatoms. The Bertz CT molecular complexity index is 1010. The predicted octanol–water partition coefficient (Wildman–Crippen LogP) is 3.53. The van der Waals surface area contributed by atoms with Crippen molar-refractivity contribution in [3.8, 4) is 28.7 Å². The van der Waals surface area contributed by atoms with Gasteiger partial charge < -0.3 is 4.74 Å². The largest absolute Gasteiger partial charge is 0.439 e. The second-order valence-corrected chi connectivity index (χ2v) is 5.74. The van der Waals surface area contributed by atoms with Gasteiger partial charge in [-0.15, -0.1) is 0 Å². The molecule has 0 aliphatic carbocycles. The second kappa shape index (κ2) is 6.72. The number of pyridine rings is 1. The molecule has 0 saturated heterocycles. The number of hydrogen-bond acceptors (Lipinski definition) is 6. The quantitative estimate of drug-likeness (QED) is 0.563. The van der Waals surface area contributed by atoms with Crippen LogP contribution in [0, 0.1) is 13.8 Å². The zero-order valence-corrected chi connectivity index (χ0v) is 14.4. The molecule has 0 N–H and O–H groups in total. The van der Waals surface area contributed by atoms with E-state index >= 15 is 0 Å². The molecule has 26 heavy (non-hydrogen) atoms. The lowest BCUT2D eigenvalue weighted by Crippen LogP contribution is -2.00. The highest BCUT2D eigenvalue weighted by Gasteiger charge is 2.12. The van der Waals surface area contributed by atoms with Gasteiger partial charge in [0.1, 0.15) is 18.4 Å². The van der Waals surface area contributed by atoms with E-state index in [1.807, 2.05) is 50.2 Å². The summed E-state index contributed by atoms with van der Waals surface area (Å²) in [6.45, 7) is 3.89. The summed E-state index contributed by atoms with van der Waals surface area (Å²) < 4.78 is 7.69. The smallest absolute Gasteiger partial charge is 0.226 e. The molecular formula is C19H16N6O. The van der Waals surface area contributed by atoms with Crippen molar-refractivity contribution in [1.29, 1.82) is 0 Å². The minimum atomic E-state index is 0.532. The van der Waals surface area contributed by atoms with Crippen LogP contribution in [0.1, 0.15) is 11.3 Å². The van der Waals surface area contributed by atoms with Gasteiger partial charge in [-0.2, -0.15) is 10.1 Å². The van der Waals surface area contributed by atoms with Crippen molar-refractivity contribution in [2.45, 2.75) is 13.8 Å². The first kappa shape index (κ1) is 15.9. The van der Waals surface area contributed by atoms with E-state index in [4.69, 9.17) is 4.74 Å². The van der Waals surface area contributed by atoms with E-state index in [2.05, 4.69) is 25.0 Å². The molecule has 128 valence electrons. The van der Waals surface area contributed by atoms with E-state index in [0.717, 1.165) is 22.5 Å². The zero-order chi connectivity index (χ0) is 17.9. The third kappa shape index (κ3) is 3.14. The number of aromatic nitrogens is 6. The summed E-state index contributed by atoms with van der Waals surface area (Å²) in [5, 5.41) is 4.11. The molecule has 0 spiro atoms. The second-order valence-electron chi connectivity index (χ2n) is 5.74. The Hall–Kier alpha value is -3.61. The van der Waals surface area contributed by atoms with Gasteiger partial charge in [-0.25, -0.2) is 14.6 Å². The molecule has 1 aromatic carbocycles. The highest BCUT2D eigenvalue weighted by Crippen LogP contribution is 2.27. The molecule has 0 saturated carbocycles. The Balaban J connectivity index is 1.64. The highest BCUT2D eigenvalue weighted by molar-refractivity contribution is 5.55. The lowest BCUT2D eigenvalue weighted by molar-refractivity contribution is 0.457. The molecule has 3 heterocycles. The Kier molecular flexibility index (Phi) is 4.10. The van der Waals surface area contributed by atoms with Gasteiger partial charge in [0, 0.05) is 29.2 Å². The SMILES string of the molecule is Cc1nc(-c2cccnc2)nc(Oc2ccc(-n3cncn3)cc2)c1C. The molecule has 7 nitrogen and oxygen atoms in total. The molecule has 4 rings (SSSR count). The van der Waals surface area contributed by atoms with Crippen molar-refractivity contribution < 1.29 is 4.74 Å². The van der Waals surface area contributed by atoms with Gasteiger partial charge in [-0.1, -0.05) is 0 Å². The molecule has 0 unspecified atom stereocenters. The fourth-order valence-corrected chi connectivity index (χ4v) is 2.45. The summed E-state index contributed by atoms with van der Waals surface area (Å²) in [5.74, 6) is 1.81. The first-order chi connectivity index (χ1) is 12.7. The van der Waals surface area contributed by atoms with E-state index < -0.39 is 0 Å². The Morgan fingerprint density at radius 3 is 2.50 bits per heavy atom. The standard InChI is InChI=1S/C19H16N6O/c1-13-14(2)23-18(15-4-3-9-20-10-15)24-19(13)26-17-7-5-16(6-8-17)25-12-21-11-22-25/h3-12H,1-2H3. The maximum Gasteiger partial charge on any atom is 0.226 e. The number of ether oxygens (including phenoxy) is 1. The monoisotopic (exact) mass is 344 g/mol. The number of rotatable bonds is 4. The first-order valence-electron chi connectivity index (χ1n) is 8.09. The number of aryl methyl sites for hydroxylation is 1. The van der Waals surface area contributed by atoms with Crippen molar-refractivity contribution in [1.82, 2.24) is 29.7 Å². The molecule has 0 fully saturated rings. The van der Waals surface area contributed by atoms with Crippen LogP contribution < -0.4 is 4.74 Å². The third-order valence-corrected chi connectivity index (χ3v) is 4.00. The summed E-state index contributed by atoms with van der Waals surface area (Å²) in [4.78, 5) is 17.2. The Morgan fingerprint density at radius 2 is 1.81 bits per heavy atom.